The molecule has 3 heteroatoms. The highest BCUT2D eigenvalue weighted by Crippen LogP contribution is 2.28. The number of aliphatic hydroxyl groups excluding tert-OH is 1. The lowest BCUT2D eigenvalue weighted by Gasteiger charge is -2.11. The minimum absolute atomic E-state index is 0.266. The second kappa shape index (κ2) is 6.38. The Morgan fingerprint density at radius 1 is 1.31 bits per heavy atom. The van der Waals surface area contributed by atoms with E-state index in [1.54, 1.807) is 14.0 Å². The lowest BCUT2D eigenvalue weighted by atomic mass is 10.1. The van der Waals surface area contributed by atoms with E-state index in [-0.39, 0.29) is 6.10 Å². The van der Waals surface area contributed by atoms with Crippen LogP contribution in [0.25, 0.3) is 0 Å². The predicted molar refractivity (Wildman–Crippen MR) is 64.2 cm³/mol. The molecule has 0 saturated heterocycles. The molecule has 0 aliphatic carbocycles. The summed E-state index contributed by atoms with van der Waals surface area (Å²) in [5.41, 5.74) is 1.16. The summed E-state index contributed by atoms with van der Waals surface area (Å²) >= 11 is 0. The highest BCUT2D eigenvalue weighted by Gasteiger charge is 2.06. The Morgan fingerprint density at radius 3 is 2.62 bits per heavy atom. The smallest absolute Gasteiger partial charge is 0.161 e. The van der Waals surface area contributed by atoms with Crippen LogP contribution >= 0.6 is 0 Å². The highest BCUT2D eigenvalue weighted by atomic mass is 16.5. The van der Waals surface area contributed by atoms with Crippen molar-refractivity contribution in [3.8, 4) is 11.5 Å². The van der Waals surface area contributed by atoms with Gasteiger partial charge in [0.1, 0.15) is 0 Å². The van der Waals surface area contributed by atoms with Gasteiger partial charge in [0.15, 0.2) is 11.5 Å². The van der Waals surface area contributed by atoms with Crippen LogP contribution in [0.15, 0.2) is 18.2 Å². The molecule has 1 atom stereocenters. The fourth-order valence-electron chi connectivity index (χ4n) is 1.52. The molecule has 0 amide bonds. The van der Waals surface area contributed by atoms with Gasteiger partial charge in [-0.05, 0) is 44.4 Å². The van der Waals surface area contributed by atoms with E-state index in [4.69, 9.17) is 9.47 Å². The van der Waals surface area contributed by atoms with Crippen molar-refractivity contribution in [2.24, 2.45) is 0 Å². The Balaban J connectivity index is 2.76. The molecule has 1 aromatic carbocycles. The molecule has 3 nitrogen and oxygen atoms in total. The molecule has 0 radical (unpaired) electrons. The van der Waals surface area contributed by atoms with Gasteiger partial charge in [-0.3, -0.25) is 0 Å². The molecule has 0 spiro atoms. The lowest BCUT2D eigenvalue weighted by Crippen LogP contribution is -2.02. The second-order valence-electron chi connectivity index (χ2n) is 3.81. The summed E-state index contributed by atoms with van der Waals surface area (Å²) < 4.78 is 10.7. The standard InChI is InChI=1S/C13H20O3/c1-4-16-13-9-11(6-5-10(2)14)7-8-12(13)15-3/h7-10,14H,4-6H2,1-3H3/t10-/m1/s1. The topological polar surface area (TPSA) is 38.7 Å². The van der Waals surface area contributed by atoms with Crippen LogP contribution < -0.4 is 9.47 Å². The third-order valence-electron chi connectivity index (χ3n) is 2.38. The first-order valence-corrected chi connectivity index (χ1v) is 5.65. The lowest BCUT2D eigenvalue weighted by molar-refractivity contribution is 0.185. The van der Waals surface area contributed by atoms with Crippen LogP contribution in [-0.4, -0.2) is 24.9 Å². The molecule has 0 saturated carbocycles. The van der Waals surface area contributed by atoms with Crippen molar-refractivity contribution >= 4 is 0 Å². The van der Waals surface area contributed by atoms with Crippen LogP contribution in [0, 0.1) is 0 Å². The Morgan fingerprint density at radius 2 is 2.06 bits per heavy atom. The first kappa shape index (κ1) is 12.8. The third kappa shape index (κ3) is 3.74. The van der Waals surface area contributed by atoms with E-state index >= 15 is 0 Å². The zero-order chi connectivity index (χ0) is 12.0. The van der Waals surface area contributed by atoms with E-state index in [9.17, 15) is 5.11 Å². The van der Waals surface area contributed by atoms with Crippen molar-refractivity contribution in [1.29, 1.82) is 0 Å². The van der Waals surface area contributed by atoms with E-state index in [1.807, 2.05) is 25.1 Å². The molecular weight excluding hydrogens is 204 g/mol. The molecule has 1 N–H and O–H groups in total. The number of benzene rings is 1. The minimum Gasteiger partial charge on any atom is -0.493 e. The number of methoxy groups -OCH3 is 1. The normalized spacial score (nSPS) is 12.2. The van der Waals surface area contributed by atoms with Crippen LogP contribution in [0.5, 0.6) is 11.5 Å². The average molecular weight is 224 g/mol. The second-order valence-corrected chi connectivity index (χ2v) is 3.81. The molecule has 0 unspecified atom stereocenters. The van der Waals surface area contributed by atoms with Crippen LogP contribution in [0.2, 0.25) is 0 Å². The zero-order valence-corrected chi connectivity index (χ0v) is 10.2. The Kier molecular flexibility index (Phi) is 5.12. The molecule has 90 valence electrons. The van der Waals surface area contributed by atoms with E-state index in [2.05, 4.69) is 0 Å². The van der Waals surface area contributed by atoms with Crippen molar-refractivity contribution in [2.75, 3.05) is 13.7 Å². The van der Waals surface area contributed by atoms with Crippen molar-refractivity contribution in [1.82, 2.24) is 0 Å². The molecule has 0 aromatic heterocycles. The van der Waals surface area contributed by atoms with Crippen molar-refractivity contribution in [3.63, 3.8) is 0 Å². The summed E-state index contributed by atoms with van der Waals surface area (Å²) in [7, 11) is 1.63. The third-order valence-corrected chi connectivity index (χ3v) is 2.38. The zero-order valence-electron chi connectivity index (χ0n) is 10.2. The van der Waals surface area contributed by atoms with Gasteiger partial charge < -0.3 is 14.6 Å². The molecule has 0 aliphatic rings. The number of ether oxygens (including phenoxy) is 2. The molecule has 0 heterocycles. The van der Waals surface area contributed by atoms with Crippen molar-refractivity contribution < 1.29 is 14.6 Å². The number of hydrogen-bond donors (Lipinski definition) is 1. The molecule has 0 aliphatic heterocycles. The van der Waals surface area contributed by atoms with Gasteiger partial charge in [-0.1, -0.05) is 6.07 Å². The van der Waals surface area contributed by atoms with Gasteiger partial charge in [0.2, 0.25) is 0 Å². The molecule has 1 rings (SSSR count). The molecular formula is C13H20O3. The highest BCUT2D eigenvalue weighted by molar-refractivity contribution is 5.43. The first-order valence-electron chi connectivity index (χ1n) is 5.65. The van der Waals surface area contributed by atoms with E-state index in [0.717, 1.165) is 29.9 Å². The maximum Gasteiger partial charge on any atom is 0.161 e. The van der Waals surface area contributed by atoms with Gasteiger partial charge in [0, 0.05) is 0 Å². The number of rotatable bonds is 6. The maximum absolute atomic E-state index is 9.23. The monoisotopic (exact) mass is 224 g/mol. The SMILES string of the molecule is CCOc1cc(CC[C@@H](C)O)ccc1OC. The van der Waals surface area contributed by atoms with E-state index in [1.165, 1.54) is 0 Å². The molecule has 16 heavy (non-hydrogen) atoms. The quantitative estimate of drug-likeness (QED) is 0.806. The van der Waals surface area contributed by atoms with Gasteiger partial charge in [-0.2, -0.15) is 0 Å². The van der Waals surface area contributed by atoms with E-state index in [0.29, 0.717) is 6.61 Å². The van der Waals surface area contributed by atoms with Gasteiger partial charge in [0.25, 0.3) is 0 Å². The Bertz CT molecular complexity index is 321. The average Bonchev–Trinajstić information content (AvgIpc) is 2.27. The van der Waals surface area contributed by atoms with Gasteiger partial charge in [-0.25, -0.2) is 0 Å². The summed E-state index contributed by atoms with van der Waals surface area (Å²) in [4.78, 5) is 0. The van der Waals surface area contributed by atoms with Gasteiger partial charge in [0.05, 0.1) is 19.8 Å². The van der Waals surface area contributed by atoms with Crippen LogP contribution in [0.1, 0.15) is 25.8 Å². The number of aryl methyl sites for hydroxylation is 1. The Labute approximate surface area is 97.0 Å². The fourth-order valence-corrected chi connectivity index (χ4v) is 1.52. The largest absolute Gasteiger partial charge is 0.493 e. The van der Waals surface area contributed by atoms with Gasteiger partial charge in [-0.15, -0.1) is 0 Å². The van der Waals surface area contributed by atoms with Gasteiger partial charge >= 0.3 is 0 Å². The van der Waals surface area contributed by atoms with Crippen LogP contribution in [0.3, 0.4) is 0 Å². The van der Waals surface area contributed by atoms with Crippen molar-refractivity contribution in [2.45, 2.75) is 32.8 Å². The van der Waals surface area contributed by atoms with Crippen molar-refractivity contribution in [3.05, 3.63) is 23.8 Å². The summed E-state index contributed by atoms with van der Waals surface area (Å²) in [5.74, 6) is 1.52. The van der Waals surface area contributed by atoms with Crippen LogP contribution in [0.4, 0.5) is 0 Å². The summed E-state index contributed by atoms with van der Waals surface area (Å²) in [6.45, 7) is 4.37. The minimum atomic E-state index is -0.266. The maximum atomic E-state index is 9.23. The summed E-state index contributed by atoms with van der Waals surface area (Å²) in [5, 5.41) is 9.23. The summed E-state index contributed by atoms with van der Waals surface area (Å²) in [6, 6.07) is 5.89. The molecule has 1 aromatic rings. The first-order chi connectivity index (χ1) is 7.67. The van der Waals surface area contributed by atoms with E-state index < -0.39 is 0 Å². The molecule has 0 bridgehead atoms. The fraction of sp³-hybridized carbons (Fsp3) is 0.538. The molecule has 0 fully saturated rings. The predicted octanol–water partition coefficient (Wildman–Crippen LogP) is 2.41. The summed E-state index contributed by atoms with van der Waals surface area (Å²) in [6.07, 6.45) is 1.34. The Hall–Kier alpha value is -1.22. The van der Waals surface area contributed by atoms with Crippen LogP contribution in [-0.2, 0) is 6.42 Å². The number of aliphatic hydroxyl groups is 1. The number of hydrogen-bond acceptors (Lipinski definition) is 3.